The van der Waals surface area contributed by atoms with Crippen LogP contribution in [-0.4, -0.2) is 39.5 Å². The first kappa shape index (κ1) is 43.8. The van der Waals surface area contributed by atoms with Crippen molar-refractivity contribution < 1.29 is 74.9 Å². The fraction of sp³-hybridized carbons (Fsp3) is 0.818. The monoisotopic (exact) mass is 552 g/mol. The van der Waals surface area contributed by atoms with E-state index in [1.807, 2.05) is 13.8 Å². The molecule has 0 aliphatic heterocycles. The Balaban J connectivity index is -0.0000000577. The second kappa shape index (κ2) is 39.5. The Morgan fingerprint density at radius 2 is 1.11 bits per heavy atom. The van der Waals surface area contributed by atoms with Crippen molar-refractivity contribution in [2.45, 2.75) is 90.1 Å². The largest absolute Gasteiger partial charge is 0.555 e. The molecule has 0 amide bonds. The Hall–Kier alpha value is 2.05. The summed E-state index contributed by atoms with van der Waals surface area (Å²) >= 11 is 0. The third kappa shape index (κ3) is 35.5. The molecule has 0 heterocycles. The summed E-state index contributed by atoms with van der Waals surface area (Å²) in [5.74, 6) is 0. The van der Waals surface area contributed by atoms with E-state index in [2.05, 4.69) is 41.3 Å². The van der Waals surface area contributed by atoms with Gasteiger partial charge >= 0.3 is 0 Å². The van der Waals surface area contributed by atoms with Crippen molar-refractivity contribution in [3.63, 3.8) is 0 Å². The summed E-state index contributed by atoms with van der Waals surface area (Å²) in [6.45, 7) is 5.38. The van der Waals surface area contributed by atoms with Crippen molar-refractivity contribution in [3.8, 4) is 0 Å². The molecule has 2 rings (SSSR count). The van der Waals surface area contributed by atoms with Gasteiger partial charge in [-0.2, -0.15) is 0 Å². The first-order valence-corrected chi connectivity index (χ1v) is 9.75. The third-order valence-electron chi connectivity index (χ3n) is 4.40. The molecule has 0 aromatic rings. The van der Waals surface area contributed by atoms with Crippen molar-refractivity contribution >= 4 is 0 Å². The number of rotatable bonds is 4. The molecule has 6 heteroatoms. The summed E-state index contributed by atoms with van der Waals surface area (Å²) in [7, 11) is 10.5. The molecular weight excluding hydrogens is 502 g/mol. The van der Waals surface area contributed by atoms with Crippen LogP contribution in [0.2, 0.25) is 0 Å². The van der Waals surface area contributed by atoms with E-state index >= 15 is 0 Å². The van der Waals surface area contributed by atoms with Gasteiger partial charge in [-0.3, -0.25) is 7.05 Å². The number of methoxy groups -OCH3 is 1. The van der Waals surface area contributed by atoms with Crippen LogP contribution in [0.3, 0.4) is 0 Å². The van der Waals surface area contributed by atoms with Gasteiger partial charge in [-0.15, -0.1) is 0 Å². The topological polar surface area (TPSA) is 42.5 Å². The first-order valence-electron chi connectivity index (χ1n) is 9.75. The van der Waals surface area contributed by atoms with E-state index in [4.69, 9.17) is 0 Å². The molecule has 0 unspecified atom stereocenters. The fourth-order valence-electron chi connectivity index (χ4n) is 2.70. The quantitative estimate of drug-likeness (QED) is 0.446. The Bertz CT molecular complexity index is 189. The van der Waals surface area contributed by atoms with Crippen LogP contribution in [0.4, 0.5) is 0 Å². The second-order valence-electron chi connectivity index (χ2n) is 6.23. The maximum Gasteiger partial charge on any atom is 0.0433 e. The predicted octanol–water partition coefficient (Wildman–Crippen LogP) is 5.60. The summed E-state index contributed by atoms with van der Waals surface area (Å²) in [6.07, 6.45) is 14.0. The first-order chi connectivity index (χ1) is 11.7. The molecule has 2 radical (unpaired) electrons. The third-order valence-corrected chi connectivity index (χ3v) is 4.40. The van der Waals surface area contributed by atoms with E-state index in [1.54, 1.807) is 7.11 Å². The molecule has 2 aliphatic rings. The summed E-state index contributed by atoms with van der Waals surface area (Å²) in [4.78, 5) is 0. The molecule has 0 aromatic heterocycles. The van der Waals surface area contributed by atoms with Gasteiger partial charge in [0, 0.05) is 91.8 Å². The van der Waals surface area contributed by atoms with Gasteiger partial charge < -0.3 is 35.0 Å². The average molecular weight is 552 g/mol. The Morgan fingerprint density at radius 1 is 0.786 bits per heavy atom. The molecule has 2 aliphatic carbocycles. The number of hydrogen-bond donors (Lipinski definition) is 2. The smallest absolute Gasteiger partial charge is 0.0433 e. The van der Waals surface area contributed by atoms with Crippen molar-refractivity contribution in [1.82, 2.24) is 10.6 Å². The summed E-state index contributed by atoms with van der Waals surface area (Å²) in [6, 6.07) is 1.56. The molecule has 2 saturated carbocycles. The molecule has 2 N–H and O–H groups in total. The predicted molar refractivity (Wildman–Crippen MR) is 119 cm³/mol. The van der Waals surface area contributed by atoms with Crippen molar-refractivity contribution in [3.05, 3.63) is 29.0 Å². The zero-order valence-electron chi connectivity index (χ0n) is 20.0. The van der Waals surface area contributed by atoms with E-state index in [0.29, 0.717) is 6.61 Å². The zero-order valence-corrected chi connectivity index (χ0v) is 25.7. The second-order valence-corrected chi connectivity index (χ2v) is 6.23. The van der Waals surface area contributed by atoms with Gasteiger partial charge in [0.2, 0.25) is 0 Å². The van der Waals surface area contributed by atoms with Crippen LogP contribution >= 0.6 is 0 Å². The van der Waals surface area contributed by atoms with Crippen LogP contribution in [0.5, 0.6) is 0 Å². The van der Waals surface area contributed by atoms with E-state index in [9.17, 15) is 0 Å². The molecule has 4 nitrogen and oxygen atoms in total. The van der Waals surface area contributed by atoms with Crippen LogP contribution in [0.15, 0.2) is 0 Å². The van der Waals surface area contributed by atoms with Crippen molar-refractivity contribution in [2.24, 2.45) is 0 Å². The molecule has 2 fully saturated rings. The number of nitrogens with one attached hydrogen (secondary N) is 2. The summed E-state index contributed by atoms with van der Waals surface area (Å²) in [5.41, 5.74) is 0. The fourth-order valence-corrected chi connectivity index (χ4v) is 2.70. The van der Waals surface area contributed by atoms with Gasteiger partial charge in [0.05, 0.1) is 0 Å². The van der Waals surface area contributed by atoms with Crippen LogP contribution in [-0.2, 0) is 74.9 Å². The minimum atomic E-state index is 0. The zero-order chi connectivity index (χ0) is 18.5. The Morgan fingerprint density at radius 3 is 1.25 bits per heavy atom. The molecule has 0 spiro atoms. The standard InChI is InChI=1S/C7H15N.C7H14N.C3H8O.C3H7O.2CH3.2Y/c2*1-8-7-5-3-2-4-6-7;2*1-3-4-2;;;;/h7-8H,2-6H2,1H3;7-8H,1-6H2;3H2,1-2H3;2-3H2,1H3;2*1H3;;/q;-1;;3*-1;;. The minimum Gasteiger partial charge on any atom is -0.555 e. The van der Waals surface area contributed by atoms with Gasteiger partial charge in [0.1, 0.15) is 0 Å². The summed E-state index contributed by atoms with van der Waals surface area (Å²) in [5, 5.41) is 6.36. The Kier molecular flexibility index (Phi) is 61.9. The summed E-state index contributed by atoms with van der Waals surface area (Å²) < 4.78 is 8.83. The van der Waals surface area contributed by atoms with E-state index in [1.165, 1.54) is 64.2 Å². The maximum absolute atomic E-state index is 4.54. The molecule has 0 bridgehead atoms. The van der Waals surface area contributed by atoms with Crippen LogP contribution in [0.1, 0.15) is 78.1 Å². The van der Waals surface area contributed by atoms with E-state index < -0.39 is 0 Å². The van der Waals surface area contributed by atoms with Crippen LogP contribution in [0, 0.1) is 29.0 Å². The maximum atomic E-state index is 4.54. The van der Waals surface area contributed by atoms with Crippen molar-refractivity contribution in [2.75, 3.05) is 27.4 Å². The number of hydrogen-bond acceptors (Lipinski definition) is 4. The Labute approximate surface area is 230 Å². The van der Waals surface area contributed by atoms with Gasteiger partial charge in [-0.1, -0.05) is 38.5 Å². The van der Waals surface area contributed by atoms with Gasteiger partial charge in [0.15, 0.2) is 0 Å². The van der Waals surface area contributed by atoms with Gasteiger partial charge in [-0.25, -0.2) is 7.11 Å². The molecule has 0 aromatic carbocycles. The molecule has 28 heavy (non-hydrogen) atoms. The van der Waals surface area contributed by atoms with E-state index in [0.717, 1.165) is 18.7 Å². The average Bonchev–Trinajstić information content (AvgIpc) is 2.70. The van der Waals surface area contributed by atoms with Crippen LogP contribution in [0.25, 0.3) is 0 Å². The molecular formula is C22H50N2O2Y2-4. The molecule has 0 saturated heterocycles. The van der Waals surface area contributed by atoms with Gasteiger partial charge in [-0.05, 0) is 52.6 Å². The van der Waals surface area contributed by atoms with E-state index in [-0.39, 0.29) is 80.3 Å². The number of ether oxygens (including phenoxy) is 2. The normalized spacial score (nSPS) is 15.6. The molecule has 170 valence electrons. The SMILES string of the molecule is CCOC.CNC1CCCCC1.[CH2-]NC1CCCCC1.[CH2-]OCC.[CH3-].[CH3-].[Y].[Y]. The minimum absolute atomic E-state index is 0. The molecule has 0 atom stereocenters. The van der Waals surface area contributed by atoms with Crippen molar-refractivity contribution in [1.29, 1.82) is 0 Å². The van der Waals surface area contributed by atoms with Crippen LogP contribution < -0.4 is 10.6 Å². The van der Waals surface area contributed by atoms with Gasteiger partial charge in [0.25, 0.3) is 0 Å².